The van der Waals surface area contributed by atoms with E-state index in [0.717, 1.165) is 12.2 Å². The van der Waals surface area contributed by atoms with Crippen molar-refractivity contribution >= 4 is 27.7 Å². The van der Waals surface area contributed by atoms with Gasteiger partial charge >= 0.3 is 0 Å². The van der Waals surface area contributed by atoms with Crippen LogP contribution in [0, 0.1) is 13.8 Å². The summed E-state index contributed by atoms with van der Waals surface area (Å²) in [5.74, 6) is 1.11. The van der Waals surface area contributed by atoms with Crippen molar-refractivity contribution in [1.29, 1.82) is 0 Å². The smallest absolute Gasteiger partial charge is 0.0554 e. The molecule has 0 fully saturated rings. The van der Waals surface area contributed by atoms with E-state index in [1.54, 1.807) is 0 Å². The molecule has 2 atom stereocenters. The van der Waals surface area contributed by atoms with Crippen LogP contribution in [0.4, 0.5) is 0 Å². The molecule has 2 heteroatoms. The molecule has 0 N–H and O–H groups in total. The van der Waals surface area contributed by atoms with Crippen LogP contribution in [0.5, 0.6) is 0 Å². The molecule has 0 unspecified atom stereocenters. The third-order valence-corrected chi connectivity index (χ3v) is 7.35. The minimum atomic E-state index is 0.298. The Bertz CT molecular complexity index is 794. The van der Waals surface area contributed by atoms with E-state index in [1.807, 2.05) is 11.8 Å². The minimum Gasteiger partial charge on any atom is -0.152 e. The summed E-state index contributed by atoms with van der Waals surface area (Å²) in [6, 6.07) is 28.6. The van der Waals surface area contributed by atoms with Crippen molar-refractivity contribution in [2.24, 2.45) is 0 Å². The summed E-state index contributed by atoms with van der Waals surface area (Å²) in [6.45, 7) is 4.28. The molecule has 0 nitrogen and oxygen atoms in total. The highest BCUT2D eigenvalue weighted by molar-refractivity contribution is 9.09. The molecule has 0 spiro atoms. The molecule has 0 aliphatic carbocycles. The van der Waals surface area contributed by atoms with E-state index in [-0.39, 0.29) is 0 Å². The molecule has 0 saturated heterocycles. The van der Waals surface area contributed by atoms with Gasteiger partial charge in [0, 0.05) is 5.25 Å². The van der Waals surface area contributed by atoms with Crippen LogP contribution in [-0.4, -0.2) is 5.75 Å². The van der Waals surface area contributed by atoms with E-state index in [4.69, 9.17) is 0 Å². The van der Waals surface area contributed by atoms with Crippen molar-refractivity contribution in [3.8, 4) is 0 Å². The van der Waals surface area contributed by atoms with Crippen molar-refractivity contribution in [2.75, 3.05) is 5.75 Å². The van der Waals surface area contributed by atoms with Gasteiger partial charge in [-0.2, -0.15) is 11.8 Å². The number of rotatable bonds is 7. The Balaban J connectivity index is 1.76. The molecule has 0 amide bonds. The topological polar surface area (TPSA) is 0 Å². The molecule has 0 saturated carbocycles. The van der Waals surface area contributed by atoms with Gasteiger partial charge in [0.25, 0.3) is 0 Å². The highest BCUT2D eigenvalue weighted by Gasteiger charge is 2.23. The Morgan fingerprint density at radius 2 is 1.27 bits per heavy atom. The monoisotopic (exact) mass is 424 g/mol. The fraction of sp³-hybridized carbons (Fsp3) is 0.250. The molecule has 0 aromatic heterocycles. The summed E-state index contributed by atoms with van der Waals surface area (Å²) >= 11 is 6.03. The maximum atomic E-state index is 4.00. The molecule has 0 aliphatic heterocycles. The molecular weight excluding hydrogens is 400 g/mol. The fourth-order valence-corrected chi connectivity index (χ4v) is 5.33. The summed E-state index contributed by atoms with van der Waals surface area (Å²) in [5.41, 5.74) is 6.74. The molecule has 134 valence electrons. The van der Waals surface area contributed by atoms with Crippen LogP contribution in [0.25, 0.3) is 0 Å². The van der Waals surface area contributed by atoms with Crippen molar-refractivity contribution in [3.05, 3.63) is 107 Å². The molecule has 3 aromatic rings. The Morgan fingerprint density at radius 1 is 0.731 bits per heavy atom. The van der Waals surface area contributed by atoms with Gasteiger partial charge in [0.1, 0.15) is 0 Å². The van der Waals surface area contributed by atoms with Crippen LogP contribution in [0.3, 0.4) is 0 Å². The highest BCUT2D eigenvalue weighted by Crippen LogP contribution is 2.45. The lowest BCUT2D eigenvalue weighted by molar-refractivity contribution is 0.916. The Morgan fingerprint density at radius 3 is 1.85 bits per heavy atom. The number of halogens is 1. The van der Waals surface area contributed by atoms with E-state index in [9.17, 15) is 0 Å². The molecule has 0 heterocycles. The Kier molecular flexibility index (Phi) is 6.99. The second kappa shape index (κ2) is 9.43. The van der Waals surface area contributed by atoms with Gasteiger partial charge in [0.15, 0.2) is 0 Å². The lowest BCUT2D eigenvalue weighted by atomic mass is 10.0. The first-order valence-corrected chi connectivity index (χ1v) is 11.0. The van der Waals surface area contributed by atoms with Crippen molar-refractivity contribution in [1.82, 2.24) is 0 Å². The van der Waals surface area contributed by atoms with Gasteiger partial charge in [0.2, 0.25) is 0 Å². The molecule has 26 heavy (non-hydrogen) atoms. The molecule has 3 rings (SSSR count). The molecule has 0 bridgehead atoms. The number of hydrogen-bond donors (Lipinski definition) is 0. The first-order chi connectivity index (χ1) is 12.6. The van der Waals surface area contributed by atoms with Crippen LogP contribution in [0.15, 0.2) is 78.9 Å². The van der Waals surface area contributed by atoms with Gasteiger partial charge in [0.05, 0.1) is 4.83 Å². The van der Waals surface area contributed by atoms with Crippen LogP contribution >= 0.6 is 27.7 Å². The highest BCUT2D eigenvalue weighted by atomic mass is 79.9. The van der Waals surface area contributed by atoms with E-state index < -0.39 is 0 Å². The van der Waals surface area contributed by atoms with Crippen LogP contribution in [-0.2, 0) is 6.42 Å². The van der Waals surface area contributed by atoms with E-state index in [0.29, 0.717) is 10.1 Å². The van der Waals surface area contributed by atoms with Crippen molar-refractivity contribution in [3.63, 3.8) is 0 Å². The first-order valence-electron chi connectivity index (χ1n) is 9.06. The number of aryl methyl sites for hydroxylation is 3. The van der Waals surface area contributed by atoms with E-state index in [2.05, 4.69) is 109 Å². The van der Waals surface area contributed by atoms with E-state index in [1.165, 1.54) is 27.8 Å². The van der Waals surface area contributed by atoms with Gasteiger partial charge in [-0.1, -0.05) is 106 Å². The second-order valence-corrected chi connectivity index (χ2v) is 8.99. The third-order valence-electron chi connectivity index (χ3n) is 4.60. The SMILES string of the molecule is Cc1ccc([C@H](Br)[C@@H](SCCc2ccccc2)c2ccc(C)cc2)cc1. The number of thioether (sulfide) groups is 1. The Hall–Kier alpha value is -1.51. The van der Waals surface area contributed by atoms with Gasteiger partial charge in [-0.15, -0.1) is 0 Å². The minimum absolute atomic E-state index is 0.298. The molecule has 0 aliphatic rings. The molecular formula is C24H25BrS. The largest absolute Gasteiger partial charge is 0.152 e. The van der Waals surface area contributed by atoms with Gasteiger partial charge < -0.3 is 0 Å². The van der Waals surface area contributed by atoms with Crippen LogP contribution < -0.4 is 0 Å². The number of benzene rings is 3. The summed E-state index contributed by atoms with van der Waals surface area (Å²) in [6.07, 6.45) is 1.10. The predicted molar refractivity (Wildman–Crippen MR) is 119 cm³/mol. The van der Waals surface area contributed by atoms with Crippen LogP contribution in [0.2, 0.25) is 0 Å². The third kappa shape index (κ3) is 5.25. The average molecular weight is 425 g/mol. The van der Waals surface area contributed by atoms with Gasteiger partial charge in [-0.25, -0.2) is 0 Å². The molecule has 0 radical (unpaired) electrons. The average Bonchev–Trinajstić information content (AvgIpc) is 2.67. The summed E-state index contributed by atoms with van der Waals surface area (Å²) in [4.78, 5) is 0.298. The zero-order chi connectivity index (χ0) is 18.4. The fourth-order valence-electron chi connectivity index (χ4n) is 2.98. The summed E-state index contributed by atoms with van der Waals surface area (Å²) in [5, 5.41) is 0.391. The predicted octanol–water partition coefficient (Wildman–Crippen LogP) is 7.46. The summed E-state index contributed by atoms with van der Waals surface area (Å²) in [7, 11) is 0. The van der Waals surface area contributed by atoms with Gasteiger partial charge in [-0.05, 0) is 42.7 Å². The van der Waals surface area contributed by atoms with E-state index >= 15 is 0 Å². The Labute approximate surface area is 170 Å². The lowest BCUT2D eigenvalue weighted by Gasteiger charge is -2.24. The maximum Gasteiger partial charge on any atom is 0.0554 e. The quantitative estimate of drug-likeness (QED) is 0.354. The lowest BCUT2D eigenvalue weighted by Crippen LogP contribution is -2.05. The standard InChI is InChI=1S/C24H25BrS/c1-18-8-12-21(13-9-18)23(25)24(22-14-10-19(2)11-15-22)26-17-16-20-6-4-3-5-7-20/h3-15,23-24H,16-17H2,1-2H3/t23-,24-/m0/s1. The number of hydrogen-bond acceptors (Lipinski definition) is 1. The normalized spacial score (nSPS) is 13.3. The second-order valence-electron chi connectivity index (χ2n) is 6.75. The maximum absolute atomic E-state index is 4.00. The van der Waals surface area contributed by atoms with Crippen LogP contribution in [0.1, 0.15) is 37.9 Å². The van der Waals surface area contributed by atoms with Crippen molar-refractivity contribution < 1.29 is 0 Å². The van der Waals surface area contributed by atoms with Crippen molar-refractivity contribution in [2.45, 2.75) is 30.3 Å². The summed E-state index contributed by atoms with van der Waals surface area (Å²) < 4.78 is 0. The van der Waals surface area contributed by atoms with Gasteiger partial charge in [-0.3, -0.25) is 0 Å². The zero-order valence-corrected chi connectivity index (χ0v) is 17.8. The first kappa shape index (κ1) is 19.3. The number of alkyl halides is 1. The zero-order valence-electron chi connectivity index (χ0n) is 15.4. The molecule has 3 aromatic carbocycles.